The van der Waals surface area contributed by atoms with Gasteiger partial charge in [-0.25, -0.2) is 14.0 Å². The number of halogens is 2. The molecule has 10 heteroatoms. The second-order valence-corrected chi connectivity index (χ2v) is 7.45. The van der Waals surface area contributed by atoms with Crippen LogP contribution in [0.1, 0.15) is 43.0 Å². The SMILES string of the molecule is CC1CCC2(CC1)NC(=O)N(NC(=O)COC(=O)c1c(F)cccc1Cl)C2=O. The van der Waals surface area contributed by atoms with Crippen LogP contribution >= 0.6 is 11.6 Å². The number of nitrogens with zero attached hydrogens (tertiary/aromatic N) is 1. The highest BCUT2D eigenvalue weighted by Gasteiger charge is 2.52. The number of nitrogens with one attached hydrogen (secondary N) is 2. The number of benzene rings is 1. The number of hydrogen-bond donors (Lipinski definition) is 2. The number of ether oxygens (including phenoxy) is 1. The first-order valence-electron chi connectivity index (χ1n) is 8.81. The molecule has 2 fully saturated rings. The summed E-state index contributed by atoms with van der Waals surface area (Å²) in [4.78, 5) is 48.7. The Morgan fingerprint density at radius 1 is 1.36 bits per heavy atom. The molecule has 1 aliphatic heterocycles. The van der Waals surface area contributed by atoms with E-state index in [9.17, 15) is 23.6 Å². The lowest BCUT2D eigenvalue weighted by atomic mass is 9.77. The molecule has 1 spiro atoms. The van der Waals surface area contributed by atoms with Crippen LogP contribution in [0.5, 0.6) is 0 Å². The van der Waals surface area contributed by atoms with Crippen LogP contribution in [-0.2, 0) is 14.3 Å². The van der Waals surface area contributed by atoms with Gasteiger partial charge in [0.1, 0.15) is 16.9 Å². The van der Waals surface area contributed by atoms with Gasteiger partial charge < -0.3 is 10.1 Å². The zero-order valence-electron chi connectivity index (χ0n) is 15.1. The summed E-state index contributed by atoms with van der Waals surface area (Å²) in [5.74, 6) is -3.01. The molecule has 28 heavy (non-hydrogen) atoms. The lowest BCUT2D eigenvalue weighted by molar-refractivity contribution is -0.141. The molecule has 0 bridgehead atoms. The number of hydrazine groups is 1. The Balaban J connectivity index is 1.58. The Hall–Kier alpha value is -2.68. The molecule has 1 saturated carbocycles. The Kier molecular flexibility index (Phi) is 5.55. The summed E-state index contributed by atoms with van der Waals surface area (Å²) in [6, 6.07) is 2.91. The molecule has 0 atom stereocenters. The summed E-state index contributed by atoms with van der Waals surface area (Å²) < 4.78 is 18.4. The van der Waals surface area contributed by atoms with E-state index in [0.29, 0.717) is 23.8 Å². The molecule has 2 aliphatic rings. The van der Waals surface area contributed by atoms with Crippen LogP contribution in [0.15, 0.2) is 18.2 Å². The normalized spacial score (nSPS) is 24.2. The van der Waals surface area contributed by atoms with E-state index in [1.54, 1.807) is 0 Å². The molecular formula is C18H19ClFN3O5. The van der Waals surface area contributed by atoms with E-state index in [4.69, 9.17) is 16.3 Å². The van der Waals surface area contributed by atoms with Gasteiger partial charge in [-0.15, -0.1) is 0 Å². The van der Waals surface area contributed by atoms with Crippen molar-refractivity contribution in [1.29, 1.82) is 0 Å². The molecule has 3 rings (SSSR count). The molecule has 0 aromatic heterocycles. The van der Waals surface area contributed by atoms with E-state index in [0.717, 1.165) is 18.9 Å². The average Bonchev–Trinajstić information content (AvgIpc) is 2.87. The molecular weight excluding hydrogens is 393 g/mol. The predicted molar refractivity (Wildman–Crippen MR) is 95.6 cm³/mol. The van der Waals surface area contributed by atoms with Crippen molar-refractivity contribution in [2.24, 2.45) is 5.92 Å². The first-order chi connectivity index (χ1) is 13.2. The Labute approximate surface area is 165 Å². The molecule has 8 nitrogen and oxygen atoms in total. The Bertz CT molecular complexity index is 818. The average molecular weight is 412 g/mol. The second kappa shape index (κ2) is 7.75. The van der Waals surface area contributed by atoms with Crippen molar-refractivity contribution < 1.29 is 28.3 Å². The highest BCUT2D eigenvalue weighted by molar-refractivity contribution is 6.33. The van der Waals surface area contributed by atoms with Crippen LogP contribution in [0.2, 0.25) is 5.02 Å². The quantitative estimate of drug-likeness (QED) is 0.583. The van der Waals surface area contributed by atoms with Gasteiger partial charge in [0.25, 0.3) is 11.8 Å². The molecule has 0 unspecified atom stereocenters. The summed E-state index contributed by atoms with van der Waals surface area (Å²) in [7, 11) is 0. The van der Waals surface area contributed by atoms with E-state index in [-0.39, 0.29) is 5.02 Å². The fourth-order valence-electron chi connectivity index (χ4n) is 3.37. The molecule has 1 aromatic carbocycles. The molecule has 2 N–H and O–H groups in total. The first kappa shape index (κ1) is 20.1. The number of carbonyl (C=O) groups excluding carboxylic acids is 4. The molecule has 4 amide bonds. The highest BCUT2D eigenvalue weighted by Crippen LogP contribution is 2.35. The summed E-state index contributed by atoms with van der Waals surface area (Å²) in [6.45, 7) is 1.26. The van der Waals surface area contributed by atoms with Crippen molar-refractivity contribution in [2.75, 3.05) is 6.61 Å². The number of urea groups is 1. The van der Waals surface area contributed by atoms with Gasteiger partial charge in [-0.05, 0) is 43.7 Å². The summed E-state index contributed by atoms with van der Waals surface area (Å²) in [5, 5.41) is 3.09. The third-order valence-electron chi connectivity index (χ3n) is 5.03. The van der Waals surface area contributed by atoms with E-state index in [2.05, 4.69) is 17.7 Å². The van der Waals surface area contributed by atoms with Crippen molar-refractivity contribution in [3.8, 4) is 0 Å². The van der Waals surface area contributed by atoms with Crippen LogP contribution < -0.4 is 10.7 Å². The summed E-state index contributed by atoms with van der Waals surface area (Å²) in [6.07, 6.45) is 2.56. The van der Waals surface area contributed by atoms with Crippen LogP contribution in [0.25, 0.3) is 0 Å². The molecule has 1 heterocycles. The molecule has 1 saturated heterocycles. The zero-order valence-corrected chi connectivity index (χ0v) is 15.8. The minimum atomic E-state index is -1.13. The summed E-state index contributed by atoms with van der Waals surface area (Å²) in [5.41, 5.74) is 0.622. The van der Waals surface area contributed by atoms with E-state index in [1.807, 2.05) is 0 Å². The maximum Gasteiger partial charge on any atom is 0.344 e. The third-order valence-corrected chi connectivity index (χ3v) is 5.34. The van der Waals surface area contributed by atoms with Crippen LogP contribution in [0, 0.1) is 11.7 Å². The number of esters is 1. The maximum absolute atomic E-state index is 13.7. The number of hydrogen-bond acceptors (Lipinski definition) is 5. The van der Waals surface area contributed by atoms with Gasteiger partial charge in [0.2, 0.25) is 0 Å². The predicted octanol–water partition coefficient (Wildman–Crippen LogP) is 2.17. The standard InChI is InChI=1S/C18H19ClFN3O5/c1-10-5-7-18(8-6-10)16(26)23(17(27)21-18)22-13(24)9-28-15(25)14-11(19)3-2-4-12(14)20/h2-4,10H,5-9H2,1H3,(H,21,27)(H,22,24). The molecule has 1 aromatic rings. The van der Waals surface area contributed by atoms with E-state index in [1.165, 1.54) is 12.1 Å². The van der Waals surface area contributed by atoms with Gasteiger partial charge in [-0.2, -0.15) is 5.01 Å². The van der Waals surface area contributed by atoms with Crippen molar-refractivity contribution in [1.82, 2.24) is 15.8 Å². The fourth-order valence-corrected chi connectivity index (χ4v) is 3.61. The minimum Gasteiger partial charge on any atom is -0.452 e. The molecule has 150 valence electrons. The maximum atomic E-state index is 13.7. The highest BCUT2D eigenvalue weighted by atomic mass is 35.5. The lowest BCUT2D eigenvalue weighted by Crippen LogP contribution is -2.52. The van der Waals surface area contributed by atoms with Gasteiger partial charge in [-0.3, -0.25) is 15.0 Å². The van der Waals surface area contributed by atoms with Gasteiger partial charge in [0, 0.05) is 0 Å². The zero-order chi connectivity index (χ0) is 20.5. The molecule has 0 radical (unpaired) electrons. The monoisotopic (exact) mass is 411 g/mol. The lowest BCUT2D eigenvalue weighted by Gasteiger charge is -2.33. The summed E-state index contributed by atoms with van der Waals surface area (Å²) >= 11 is 5.76. The van der Waals surface area contributed by atoms with Gasteiger partial charge >= 0.3 is 12.0 Å². The topological polar surface area (TPSA) is 105 Å². The number of imide groups is 1. The Morgan fingerprint density at radius 3 is 2.68 bits per heavy atom. The largest absolute Gasteiger partial charge is 0.452 e. The Morgan fingerprint density at radius 2 is 2.04 bits per heavy atom. The first-order valence-corrected chi connectivity index (χ1v) is 9.18. The van der Waals surface area contributed by atoms with Gasteiger partial charge in [0.05, 0.1) is 5.02 Å². The van der Waals surface area contributed by atoms with Crippen molar-refractivity contribution in [3.05, 3.63) is 34.6 Å². The van der Waals surface area contributed by atoms with Crippen LogP contribution in [-0.4, -0.2) is 41.0 Å². The number of amides is 4. The number of carbonyl (C=O) groups is 4. The second-order valence-electron chi connectivity index (χ2n) is 7.04. The minimum absolute atomic E-state index is 0.159. The van der Waals surface area contributed by atoms with E-state index >= 15 is 0 Å². The van der Waals surface area contributed by atoms with E-state index < -0.39 is 47.3 Å². The smallest absolute Gasteiger partial charge is 0.344 e. The van der Waals surface area contributed by atoms with Crippen LogP contribution in [0.4, 0.5) is 9.18 Å². The number of rotatable bonds is 4. The van der Waals surface area contributed by atoms with Crippen molar-refractivity contribution >= 4 is 35.4 Å². The van der Waals surface area contributed by atoms with Crippen molar-refractivity contribution in [3.63, 3.8) is 0 Å². The van der Waals surface area contributed by atoms with Crippen molar-refractivity contribution in [2.45, 2.75) is 38.1 Å². The van der Waals surface area contributed by atoms with Gasteiger partial charge in [0.15, 0.2) is 6.61 Å². The third kappa shape index (κ3) is 3.80. The molecule has 1 aliphatic carbocycles. The van der Waals surface area contributed by atoms with Gasteiger partial charge in [-0.1, -0.05) is 24.6 Å². The van der Waals surface area contributed by atoms with Crippen LogP contribution in [0.3, 0.4) is 0 Å². The fraction of sp³-hybridized carbons (Fsp3) is 0.444.